The summed E-state index contributed by atoms with van der Waals surface area (Å²) >= 11 is 1.35. The molecule has 0 aliphatic heterocycles. The Kier molecular flexibility index (Phi) is 5.41. The lowest BCUT2D eigenvalue weighted by atomic mass is 10.3. The van der Waals surface area contributed by atoms with Crippen molar-refractivity contribution in [1.29, 1.82) is 0 Å². The molecule has 118 valence electrons. The average molecular weight is 346 g/mol. The third kappa shape index (κ3) is 4.70. The molecular weight excluding hydrogens is 333 g/mol. The van der Waals surface area contributed by atoms with Crippen LogP contribution < -0.4 is 5.73 Å². The van der Waals surface area contributed by atoms with Gasteiger partial charge in [0.1, 0.15) is 5.82 Å². The van der Waals surface area contributed by atoms with Gasteiger partial charge in [0.15, 0.2) is 5.65 Å². The highest BCUT2D eigenvalue weighted by molar-refractivity contribution is 8.02. The Morgan fingerprint density at radius 3 is 2.86 bits per heavy atom. The van der Waals surface area contributed by atoms with E-state index in [1.165, 1.54) is 18.5 Å². The van der Waals surface area contributed by atoms with Crippen LogP contribution in [0.2, 0.25) is 0 Å². The lowest BCUT2D eigenvalue weighted by molar-refractivity contribution is -0.0328. The molecule has 2 aromatic heterocycles. The normalized spacial score (nSPS) is 13.4. The van der Waals surface area contributed by atoms with Crippen LogP contribution in [0.1, 0.15) is 5.82 Å². The fourth-order valence-electron chi connectivity index (χ4n) is 1.73. The molecule has 0 radical (unpaired) electrons. The first-order chi connectivity index (χ1) is 10.4. The molecule has 0 aliphatic carbocycles. The van der Waals surface area contributed by atoms with E-state index in [-0.39, 0.29) is 16.7 Å². The number of fused-ring (bicyclic) bond motifs is 1. The van der Waals surface area contributed by atoms with Crippen molar-refractivity contribution in [1.82, 2.24) is 15.0 Å². The molecule has 22 heavy (non-hydrogen) atoms. The summed E-state index contributed by atoms with van der Waals surface area (Å²) < 4.78 is 37.1. The zero-order chi connectivity index (χ0) is 16.2. The van der Waals surface area contributed by atoms with Crippen LogP contribution in [-0.4, -0.2) is 26.7 Å². The van der Waals surface area contributed by atoms with E-state index in [0.29, 0.717) is 23.4 Å². The third-order valence-electron chi connectivity index (χ3n) is 2.59. The number of allylic oxidation sites excluding steroid dienone is 3. The summed E-state index contributed by atoms with van der Waals surface area (Å²) in [4.78, 5) is 12.3. The molecule has 0 aliphatic rings. The van der Waals surface area contributed by atoms with Crippen LogP contribution in [0.3, 0.4) is 0 Å². The smallest absolute Gasteiger partial charge is 0.405 e. The predicted octanol–water partition coefficient (Wildman–Crippen LogP) is 3.83. The molecule has 9 heteroatoms. The zero-order valence-electron chi connectivity index (χ0n) is 11.5. The van der Waals surface area contributed by atoms with Crippen LogP contribution in [0, 0.1) is 0 Å². The number of thioether (sulfide) groups is 2. The van der Waals surface area contributed by atoms with Crippen molar-refractivity contribution < 1.29 is 13.2 Å². The number of hydrogen-bond acceptors (Lipinski definition) is 5. The summed E-state index contributed by atoms with van der Waals surface area (Å²) in [6, 6.07) is 1.40. The molecule has 0 spiro atoms. The van der Waals surface area contributed by atoms with E-state index < -0.39 is 5.51 Å². The number of nitrogens with zero attached hydrogens (tertiary/aromatic N) is 2. The average Bonchev–Trinajstić information content (AvgIpc) is 2.83. The molecule has 0 atom stereocenters. The van der Waals surface area contributed by atoms with Crippen LogP contribution in [0.5, 0.6) is 0 Å². The number of alkyl halides is 3. The minimum atomic E-state index is -4.33. The lowest BCUT2D eigenvalue weighted by Gasteiger charge is -2.03. The Labute approximate surface area is 133 Å². The van der Waals surface area contributed by atoms with E-state index in [9.17, 15) is 13.2 Å². The van der Waals surface area contributed by atoms with Crippen molar-refractivity contribution in [3.63, 3.8) is 0 Å². The zero-order valence-corrected chi connectivity index (χ0v) is 13.1. The fraction of sp³-hybridized carbons (Fsp3) is 0.231. The second-order valence-corrected chi connectivity index (χ2v) is 6.24. The highest BCUT2D eigenvalue weighted by atomic mass is 32.2. The van der Waals surface area contributed by atoms with Crippen LogP contribution in [0.25, 0.3) is 11.2 Å². The number of halogens is 3. The van der Waals surface area contributed by atoms with E-state index in [0.717, 1.165) is 4.91 Å². The van der Waals surface area contributed by atoms with Gasteiger partial charge in [-0.1, -0.05) is 6.08 Å². The van der Waals surface area contributed by atoms with E-state index in [1.54, 1.807) is 17.8 Å². The first kappa shape index (κ1) is 16.8. The molecule has 0 fully saturated rings. The molecule has 3 N–H and O–H groups in total. The van der Waals surface area contributed by atoms with Crippen molar-refractivity contribution in [2.75, 3.05) is 6.26 Å². The molecule has 0 amide bonds. The van der Waals surface area contributed by atoms with Gasteiger partial charge in [0, 0.05) is 17.5 Å². The number of H-pyrrole nitrogens is 1. The molecule has 4 nitrogen and oxygen atoms in total. The van der Waals surface area contributed by atoms with Gasteiger partial charge >= 0.3 is 5.51 Å². The molecule has 0 unspecified atom stereocenters. The summed E-state index contributed by atoms with van der Waals surface area (Å²) in [5.41, 5.74) is 1.84. The van der Waals surface area contributed by atoms with E-state index in [1.807, 2.05) is 12.3 Å². The van der Waals surface area contributed by atoms with Crippen molar-refractivity contribution in [3.8, 4) is 0 Å². The summed E-state index contributed by atoms with van der Waals surface area (Å²) in [5.74, 6) is 0.641. The van der Waals surface area contributed by atoms with E-state index >= 15 is 0 Å². The summed E-state index contributed by atoms with van der Waals surface area (Å²) in [5, 5.41) is 0. The van der Waals surface area contributed by atoms with Crippen molar-refractivity contribution >= 4 is 34.7 Å². The maximum Gasteiger partial charge on any atom is 0.446 e. The number of rotatable bonds is 5. The van der Waals surface area contributed by atoms with Gasteiger partial charge in [-0.05, 0) is 41.3 Å². The van der Waals surface area contributed by atoms with Gasteiger partial charge in [0.25, 0.3) is 0 Å². The molecule has 2 rings (SSSR count). The van der Waals surface area contributed by atoms with Gasteiger partial charge in [-0.3, -0.25) is 0 Å². The van der Waals surface area contributed by atoms with E-state index in [2.05, 4.69) is 15.0 Å². The summed E-state index contributed by atoms with van der Waals surface area (Å²) in [6.45, 7) is 0. The highest BCUT2D eigenvalue weighted by Crippen LogP contribution is 2.37. The topological polar surface area (TPSA) is 67.6 Å². The second-order valence-electron chi connectivity index (χ2n) is 4.17. The van der Waals surface area contributed by atoms with Crippen LogP contribution >= 0.6 is 23.5 Å². The highest BCUT2D eigenvalue weighted by Gasteiger charge is 2.29. The number of nitrogens with one attached hydrogen (secondary N) is 1. The molecule has 0 saturated carbocycles. The first-order valence-corrected chi connectivity index (χ1v) is 8.17. The molecule has 0 bridgehead atoms. The van der Waals surface area contributed by atoms with Gasteiger partial charge in [0.2, 0.25) is 0 Å². The number of nitrogens with two attached hydrogens (primary N) is 1. The number of aromatic amines is 1. The van der Waals surface area contributed by atoms with Crippen LogP contribution in [0.15, 0.2) is 40.4 Å². The molecule has 0 saturated heterocycles. The Bertz CT molecular complexity index is 707. The largest absolute Gasteiger partial charge is 0.446 e. The standard InChI is InChI=1S/C13H13F3N4S2/c1-21-8(3-2-4-17)6-11-19-10-5-9(22-13(14,15)16)7-18-12(10)20-11/h2-5,7H,6,17H2,1H3,(H,18,19,20)/b4-2-,8-3+. The van der Waals surface area contributed by atoms with Gasteiger partial charge in [-0.25, -0.2) is 9.97 Å². The predicted molar refractivity (Wildman–Crippen MR) is 84.4 cm³/mol. The molecule has 2 heterocycles. The van der Waals surface area contributed by atoms with Crippen LogP contribution in [-0.2, 0) is 6.42 Å². The van der Waals surface area contributed by atoms with E-state index in [4.69, 9.17) is 5.73 Å². The third-order valence-corrected chi connectivity index (χ3v) is 4.09. The lowest BCUT2D eigenvalue weighted by Crippen LogP contribution is -1.99. The molecule has 0 aromatic carbocycles. The van der Waals surface area contributed by atoms with Gasteiger partial charge in [-0.15, -0.1) is 11.8 Å². The minimum absolute atomic E-state index is 0.0295. The molecule has 2 aromatic rings. The quantitative estimate of drug-likeness (QED) is 0.636. The number of hydrogen-bond donors (Lipinski definition) is 2. The van der Waals surface area contributed by atoms with Crippen LogP contribution in [0.4, 0.5) is 13.2 Å². The monoisotopic (exact) mass is 346 g/mol. The number of imidazole rings is 1. The minimum Gasteiger partial charge on any atom is -0.405 e. The molecular formula is C13H13F3N4S2. The van der Waals surface area contributed by atoms with Crippen molar-refractivity contribution in [2.45, 2.75) is 16.8 Å². The Morgan fingerprint density at radius 2 is 2.23 bits per heavy atom. The van der Waals surface area contributed by atoms with Gasteiger partial charge in [-0.2, -0.15) is 13.2 Å². The fourth-order valence-corrected chi connectivity index (χ4v) is 2.78. The maximum absolute atomic E-state index is 12.4. The maximum atomic E-state index is 12.4. The first-order valence-electron chi connectivity index (χ1n) is 6.13. The Hall–Kier alpha value is -1.61. The van der Waals surface area contributed by atoms with Gasteiger partial charge in [0.05, 0.1) is 5.52 Å². The van der Waals surface area contributed by atoms with Crippen molar-refractivity contribution in [3.05, 3.63) is 41.3 Å². The summed E-state index contributed by atoms with van der Waals surface area (Å²) in [7, 11) is 0. The van der Waals surface area contributed by atoms with Crippen molar-refractivity contribution in [2.24, 2.45) is 5.73 Å². The Balaban J connectivity index is 2.23. The van der Waals surface area contributed by atoms with Gasteiger partial charge < -0.3 is 10.7 Å². The SMILES string of the molecule is CS/C(=C/C=C\N)Cc1nc2ncc(SC(F)(F)F)cc2[nH]1. The number of pyridine rings is 1. The second kappa shape index (κ2) is 7.10. The summed E-state index contributed by atoms with van der Waals surface area (Å²) in [6.07, 6.45) is 8.63. The number of aromatic nitrogens is 3. The Morgan fingerprint density at radius 1 is 1.45 bits per heavy atom.